The lowest BCUT2D eigenvalue weighted by Gasteiger charge is -2.13. The fourth-order valence-electron chi connectivity index (χ4n) is 2.41. The summed E-state index contributed by atoms with van der Waals surface area (Å²) in [6, 6.07) is 0. The highest BCUT2D eigenvalue weighted by Gasteiger charge is 2.16. The topological polar surface area (TPSA) is 77.8 Å². The second kappa shape index (κ2) is 12.3. The van der Waals surface area contributed by atoms with Gasteiger partial charge in [-0.3, -0.25) is 0 Å². The predicted octanol–water partition coefficient (Wildman–Crippen LogP) is 3.13. The Morgan fingerprint density at radius 3 is 1.80 bits per heavy atom. The van der Waals surface area contributed by atoms with Crippen LogP contribution in [0.2, 0.25) is 0 Å². The van der Waals surface area contributed by atoms with E-state index in [2.05, 4.69) is 6.92 Å². The Bertz CT molecular complexity index is 223. The van der Waals surface area contributed by atoms with Crippen molar-refractivity contribution in [1.82, 2.24) is 0 Å². The highest BCUT2D eigenvalue weighted by Crippen LogP contribution is 2.17. The molecule has 0 amide bonds. The van der Waals surface area contributed by atoms with Crippen LogP contribution in [0.1, 0.15) is 84.0 Å². The maximum Gasteiger partial charge on any atom is 0.275 e. The summed E-state index contributed by atoms with van der Waals surface area (Å²) in [6.45, 7) is 2.20. The summed E-state index contributed by atoms with van der Waals surface area (Å²) in [5.74, 6) is -2.34. The molecule has 1 unspecified atom stereocenters. The first kappa shape index (κ1) is 19.6. The smallest absolute Gasteiger partial charge is 0.275 e. The van der Waals surface area contributed by atoms with Crippen molar-refractivity contribution in [2.75, 3.05) is 0 Å². The second-order valence-electron chi connectivity index (χ2n) is 5.83. The van der Waals surface area contributed by atoms with Crippen LogP contribution in [-0.2, 0) is 4.79 Å². The molecule has 20 heavy (non-hydrogen) atoms. The highest BCUT2D eigenvalue weighted by molar-refractivity contribution is 5.53. The van der Waals surface area contributed by atoms with Gasteiger partial charge in [-0.25, -0.2) is 0 Å². The zero-order chi connectivity index (χ0) is 15.3. The minimum absolute atomic E-state index is 0.0124. The monoisotopic (exact) mass is 288 g/mol. The lowest BCUT2D eigenvalue weighted by atomic mass is 9.95. The lowest BCUT2D eigenvalue weighted by Crippen LogP contribution is -2.26. The Balaban J connectivity index is 3.43. The minimum Gasteiger partial charge on any atom is -0.344 e. The van der Waals surface area contributed by atoms with Crippen LogP contribution in [0.25, 0.3) is 0 Å². The Labute approximate surface area is 123 Å². The van der Waals surface area contributed by atoms with Gasteiger partial charge in [0.25, 0.3) is 5.97 Å². The molecule has 1 atom stereocenters. The van der Waals surface area contributed by atoms with Crippen LogP contribution in [-0.4, -0.2) is 27.6 Å². The minimum atomic E-state index is -2.52. The molecular formula is C16H32O4. The van der Waals surface area contributed by atoms with Gasteiger partial charge in [-0.2, -0.15) is 0 Å². The van der Waals surface area contributed by atoms with Crippen LogP contribution < -0.4 is 0 Å². The molecule has 0 fully saturated rings. The highest BCUT2D eigenvalue weighted by atomic mass is 16.7. The van der Waals surface area contributed by atoms with Crippen LogP contribution in [0, 0.1) is 5.92 Å². The molecule has 0 aliphatic rings. The Hall–Kier alpha value is -0.450. The van der Waals surface area contributed by atoms with Crippen molar-refractivity contribution < 1.29 is 20.1 Å². The van der Waals surface area contributed by atoms with Gasteiger partial charge >= 0.3 is 0 Å². The molecule has 0 radical (unpaired) electrons. The zero-order valence-electron chi connectivity index (χ0n) is 12.9. The van der Waals surface area contributed by atoms with E-state index in [9.17, 15) is 4.79 Å². The quantitative estimate of drug-likeness (QED) is 0.261. The Morgan fingerprint density at radius 2 is 1.35 bits per heavy atom. The molecule has 4 nitrogen and oxygen atoms in total. The van der Waals surface area contributed by atoms with Crippen molar-refractivity contribution >= 4 is 6.29 Å². The van der Waals surface area contributed by atoms with Gasteiger partial charge in [0.05, 0.1) is 0 Å². The van der Waals surface area contributed by atoms with Crippen LogP contribution in [0.3, 0.4) is 0 Å². The van der Waals surface area contributed by atoms with E-state index in [0.717, 1.165) is 44.8 Å². The van der Waals surface area contributed by atoms with Crippen molar-refractivity contribution in [2.45, 2.75) is 89.9 Å². The SMILES string of the molecule is CCCCCCCC(C=O)CCCCCCC(O)(O)O. The summed E-state index contributed by atoms with van der Waals surface area (Å²) >= 11 is 0. The Morgan fingerprint density at radius 1 is 0.850 bits per heavy atom. The van der Waals surface area contributed by atoms with Gasteiger partial charge in [0.15, 0.2) is 0 Å². The molecule has 120 valence electrons. The molecule has 0 aromatic heterocycles. The van der Waals surface area contributed by atoms with Gasteiger partial charge in [0.2, 0.25) is 0 Å². The normalized spacial score (nSPS) is 13.4. The van der Waals surface area contributed by atoms with Crippen molar-refractivity contribution in [3.8, 4) is 0 Å². The van der Waals surface area contributed by atoms with Gasteiger partial charge in [0, 0.05) is 12.3 Å². The summed E-state index contributed by atoms with van der Waals surface area (Å²) in [6.07, 6.45) is 12.6. The third-order valence-electron chi connectivity index (χ3n) is 3.71. The number of hydrogen-bond acceptors (Lipinski definition) is 4. The number of carbonyl (C=O) groups is 1. The summed E-state index contributed by atoms with van der Waals surface area (Å²) in [4.78, 5) is 11.0. The number of unbranched alkanes of at least 4 members (excludes halogenated alkanes) is 7. The third kappa shape index (κ3) is 14.0. The fraction of sp³-hybridized carbons (Fsp3) is 0.938. The first-order valence-corrected chi connectivity index (χ1v) is 8.12. The molecular weight excluding hydrogens is 256 g/mol. The largest absolute Gasteiger partial charge is 0.344 e. The van der Waals surface area contributed by atoms with Crippen molar-refractivity contribution in [1.29, 1.82) is 0 Å². The van der Waals surface area contributed by atoms with E-state index in [1.54, 1.807) is 0 Å². The van der Waals surface area contributed by atoms with Crippen LogP contribution in [0.4, 0.5) is 0 Å². The second-order valence-corrected chi connectivity index (χ2v) is 5.83. The van der Waals surface area contributed by atoms with Gasteiger partial charge in [-0.05, 0) is 19.3 Å². The molecule has 0 aromatic rings. The molecule has 0 heterocycles. The molecule has 0 aliphatic heterocycles. The van der Waals surface area contributed by atoms with Gasteiger partial charge in [-0.1, -0.05) is 58.3 Å². The van der Waals surface area contributed by atoms with Crippen LogP contribution in [0.5, 0.6) is 0 Å². The first-order chi connectivity index (χ1) is 9.49. The molecule has 4 heteroatoms. The maximum absolute atomic E-state index is 11.0. The van der Waals surface area contributed by atoms with Crippen LogP contribution >= 0.6 is 0 Å². The van der Waals surface area contributed by atoms with Crippen molar-refractivity contribution in [3.05, 3.63) is 0 Å². The van der Waals surface area contributed by atoms with E-state index in [1.807, 2.05) is 0 Å². The van der Waals surface area contributed by atoms with Crippen molar-refractivity contribution in [3.63, 3.8) is 0 Å². The van der Waals surface area contributed by atoms with Gasteiger partial charge < -0.3 is 20.1 Å². The molecule has 0 aliphatic carbocycles. The fourth-order valence-corrected chi connectivity index (χ4v) is 2.41. The average molecular weight is 288 g/mol. The third-order valence-corrected chi connectivity index (χ3v) is 3.71. The molecule has 0 aromatic carbocycles. The summed E-state index contributed by atoms with van der Waals surface area (Å²) in [7, 11) is 0. The molecule has 3 N–H and O–H groups in total. The number of aldehydes is 1. The molecule has 0 bridgehead atoms. The zero-order valence-corrected chi connectivity index (χ0v) is 12.9. The predicted molar refractivity (Wildman–Crippen MR) is 80.0 cm³/mol. The first-order valence-electron chi connectivity index (χ1n) is 8.12. The number of hydrogen-bond donors (Lipinski definition) is 3. The maximum atomic E-state index is 11.0. The van der Waals surface area contributed by atoms with E-state index >= 15 is 0 Å². The molecule has 0 saturated heterocycles. The van der Waals surface area contributed by atoms with E-state index in [0.29, 0.717) is 6.42 Å². The molecule has 0 spiro atoms. The van der Waals surface area contributed by atoms with Gasteiger partial charge in [0.1, 0.15) is 6.29 Å². The number of rotatable bonds is 14. The summed E-state index contributed by atoms with van der Waals surface area (Å²) in [5.41, 5.74) is 0. The summed E-state index contributed by atoms with van der Waals surface area (Å²) in [5, 5.41) is 26.2. The van der Waals surface area contributed by atoms with E-state index in [-0.39, 0.29) is 12.3 Å². The van der Waals surface area contributed by atoms with Gasteiger partial charge in [-0.15, -0.1) is 0 Å². The molecule has 0 rings (SSSR count). The summed E-state index contributed by atoms with van der Waals surface area (Å²) < 4.78 is 0. The van der Waals surface area contributed by atoms with E-state index in [4.69, 9.17) is 15.3 Å². The lowest BCUT2D eigenvalue weighted by molar-refractivity contribution is -0.315. The Kier molecular flexibility index (Phi) is 12.0. The molecule has 0 saturated carbocycles. The number of carbonyl (C=O) groups excluding carboxylic acids is 1. The van der Waals surface area contributed by atoms with Crippen molar-refractivity contribution in [2.24, 2.45) is 5.92 Å². The van der Waals surface area contributed by atoms with E-state index in [1.165, 1.54) is 25.7 Å². The standard InChI is InChI=1S/C16H32O4/c1-2-3-4-5-8-11-15(14-17)12-9-6-7-10-13-16(18,19)20/h14-15,18-20H,2-13H2,1H3. The van der Waals surface area contributed by atoms with E-state index < -0.39 is 5.97 Å². The number of aliphatic hydroxyl groups is 3. The average Bonchev–Trinajstić information content (AvgIpc) is 2.38. The van der Waals surface area contributed by atoms with Crippen LogP contribution in [0.15, 0.2) is 0 Å².